The highest BCUT2D eigenvalue weighted by molar-refractivity contribution is 5.34. The lowest BCUT2D eigenvalue weighted by Gasteiger charge is -2.17. The molecule has 1 atom stereocenters. The van der Waals surface area contributed by atoms with Crippen LogP contribution in [0.3, 0.4) is 0 Å². The van der Waals surface area contributed by atoms with Crippen LogP contribution in [0.2, 0.25) is 0 Å². The van der Waals surface area contributed by atoms with E-state index in [4.69, 9.17) is 9.47 Å². The fourth-order valence-electron chi connectivity index (χ4n) is 1.85. The van der Waals surface area contributed by atoms with Gasteiger partial charge in [0.2, 0.25) is 0 Å². The average molecular weight is 240 g/mol. The van der Waals surface area contributed by atoms with Crippen molar-refractivity contribution in [3.8, 4) is 5.75 Å². The lowest BCUT2D eigenvalue weighted by atomic mass is 10.0. The van der Waals surface area contributed by atoms with Gasteiger partial charge in [0.25, 0.3) is 0 Å². The summed E-state index contributed by atoms with van der Waals surface area (Å²) in [5.41, 5.74) is 2.17. The monoisotopic (exact) mass is 240 g/mol. The minimum absolute atomic E-state index is 0.130. The molecule has 2 heteroatoms. The summed E-state index contributed by atoms with van der Waals surface area (Å²) in [7, 11) is 1.66. The molecule has 0 aliphatic rings. The molecule has 0 aliphatic carbocycles. The molecule has 0 heterocycles. The Hall–Kier alpha value is -2.22. The van der Waals surface area contributed by atoms with Crippen LogP contribution in [0, 0.1) is 0 Å². The molecule has 0 spiro atoms. The van der Waals surface area contributed by atoms with Crippen LogP contribution in [-0.2, 0) is 4.74 Å². The zero-order valence-corrected chi connectivity index (χ0v) is 10.4. The van der Waals surface area contributed by atoms with E-state index in [9.17, 15) is 0 Å². The van der Waals surface area contributed by atoms with E-state index in [1.165, 1.54) is 6.26 Å². The van der Waals surface area contributed by atoms with E-state index < -0.39 is 0 Å². The van der Waals surface area contributed by atoms with Crippen LogP contribution in [0.25, 0.3) is 0 Å². The predicted molar refractivity (Wildman–Crippen MR) is 72.6 cm³/mol. The molecule has 2 aromatic rings. The van der Waals surface area contributed by atoms with Gasteiger partial charge in [0, 0.05) is 0 Å². The van der Waals surface area contributed by atoms with Crippen molar-refractivity contribution in [1.29, 1.82) is 0 Å². The van der Waals surface area contributed by atoms with E-state index in [1.54, 1.807) is 7.11 Å². The van der Waals surface area contributed by atoms with Gasteiger partial charge >= 0.3 is 0 Å². The smallest absolute Gasteiger partial charge is 0.148 e. The molecule has 0 fully saturated rings. The highest BCUT2D eigenvalue weighted by atomic mass is 16.5. The van der Waals surface area contributed by atoms with Crippen molar-refractivity contribution >= 4 is 0 Å². The Morgan fingerprint density at radius 3 is 2.11 bits per heavy atom. The molecule has 0 saturated heterocycles. The van der Waals surface area contributed by atoms with Gasteiger partial charge in [-0.1, -0.05) is 49.0 Å². The molecule has 2 rings (SSSR count). The second-order valence-electron chi connectivity index (χ2n) is 3.87. The summed E-state index contributed by atoms with van der Waals surface area (Å²) in [5, 5.41) is 0. The minimum atomic E-state index is -0.130. The van der Waals surface area contributed by atoms with Crippen LogP contribution in [0.5, 0.6) is 5.75 Å². The number of rotatable bonds is 5. The second-order valence-corrected chi connectivity index (χ2v) is 3.87. The van der Waals surface area contributed by atoms with E-state index in [2.05, 4.69) is 6.58 Å². The van der Waals surface area contributed by atoms with Gasteiger partial charge in [-0.05, 0) is 23.3 Å². The first-order chi connectivity index (χ1) is 8.85. The van der Waals surface area contributed by atoms with Gasteiger partial charge in [-0.15, -0.1) is 0 Å². The number of hydrogen-bond acceptors (Lipinski definition) is 2. The van der Waals surface area contributed by atoms with Gasteiger partial charge in [0.1, 0.15) is 11.9 Å². The van der Waals surface area contributed by atoms with Crippen LogP contribution in [-0.4, -0.2) is 7.11 Å². The Morgan fingerprint density at radius 2 is 1.56 bits per heavy atom. The molecule has 92 valence electrons. The highest BCUT2D eigenvalue weighted by Gasteiger charge is 2.13. The third-order valence-electron chi connectivity index (χ3n) is 2.75. The molecule has 0 aliphatic heterocycles. The third kappa shape index (κ3) is 2.72. The number of hydrogen-bond donors (Lipinski definition) is 0. The van der Waals surface area contributed by atoms with Crippen molar-refractivity contribution < 1.29 is 9.47 Å². The summed E-state index contributed by atoms with van der Waals surface area (Å²) in [6, 6.07) is 17.9. The lowest BCUT2D eigenvalue weighted by molar-refractivity contribution is 0.184. The zero-order chi connectivity index (χ0) is 12.8. The van der Waals surface area contributed by atoms with Gasteiger partial charge in [0.05, 0.1) is 13.4 Å². The molecule has 2 nitrogen and oxygen atoms in total. The predicted octanol–water partition coefficient (Wildman–Crippen LogP) is 3.94. The normalized spacial score (nSPS) is 11.6. The lowest BCUT2D eigenvalue weighted by Crippen LogP contribution is -2.02. The Balaban J connectivity index is 2.32. The maximum atomic E-state index is 5.61. The van der Waals surface area contributed by atoms with Crippen molar-refractivity contribution in [2.45, 2.75) is 6.10 Å². The summed E-state index contributed by atoms with van der Waals surface area (Å²) in [4.78, 5) is 0. The van der Waals surface area contributed by atoms with Crippen LogP contribution in [0.4, 0.5) is 0 Å². The second kappa shape index (κ2) is 5.92. The largest absolute Gasteiger partial charge is 0.497 e. The van der Waals surface area contributed by atoms with E-state index >= 15 is 0 Å². The van der Waals surface area contributed by atoms with Crippen LogP contribution in [0.1, 0.15) is 17.2 Å². The van der Waals surface area contributed by atoms with E-state index in [1.807, 2.05) is 54.6 Å². The van der Waals surface area contributed by atoms with E-state index in [0.717, 1.165) is 16.9 Å². The zero-order valence-electron chi connectivity index (χ0n) is 10.4. The Bertz CT molecular complexity index is 488. The van der Waals surface area contributed by atoms with Crippen molar-refractivity contribution in [3.63, 3.8) is 0 Å². The average Bonchev–Trinajstić information content (AvgIpc) is 2.46. The summed E-state index contributed by atoms with van der Waals surface area (Å²) in [6.45, 7) is 3.64. The summed E-state index contributed by atoms with van der Waals surface area (Å²) < 4.78 is 10.8. The Labute approximate surface area is 107 Å². The molecule has 18 heavy (non-hydrogen) atoms. The van der Waals surface area contributed by atoms with Gasteiger partial charge < -0.3 is 9.47 Å². The highest BCUT2D eigenvalue weighted by Crippen LogP contribution is 2.27. The molecule has 2 aromatic carbocycles. The SMILES string of the molecule is C=CO[C@@H](c1ccccc1)c1ccc(OC)cc1. The van der Waals surface area contributed by atoms with Gasteiger partial charge in [-0.2, -0.15) is 0 Å². The molecule has 0 unspecified atom stereocenters. The van der Waals surface area contributed by atoms with Gasteiger partial charge in [0.15, 0.2) is 0 Å². The van der Waals surface area contributed by atoms with E-state index in [-0.39, 0.29) is 6.10 Å². The minimum Gasteiger partial charge on any atom is -0.497 e. The molecular weight excluding hydrogens is 224 g/mol. The quantitative estimate of drug-likeness (QED) is 0.737. The third-order valence-corrected chi connectivity index (χ3v) is 2.75. The molecule has 0 bridgehead atoms. The fourth-order valence-corrected chi connectivity index (χ4v) is 1.85. The van der Waals surface area contributed by atoms with Crippen molar-refractivity contribution in [2.24, 2.45) is 0 Å². The Morgan fingerprint density at radius 1 is 0.944 bits per heavy atom. The van der Waals surface area contributed by atoms with Crippen molar-refractivity contribution in [2.75, 3.05) is 7.11 Å². The van der Waals surface area contributed by atoms with Crippen LogP contribution >= 0.6 is 0 Å². The van der Waals surface area contributed by atoms with Crippen LogP contribution < -0.4 is 4.74 Å². The van der Waals surface area contributed by atoms with Crippen molar-refractivity contribution in [3.05, 3.63) is 78.6 Å². The fraction of sp³-hybridized carbons (Fsp3) is 0.125. The first-order valence-electron chi connectivity index (χ1n) is 5.80. The molecule has 0 saturated carbocycles. The number of ether oxygens (including phenoxy) is 2. The van der Waals surface area contributed by atoms with Gasteiger partial charge in [-0.3, -0.25) is 0 Å². The first kappa shape index (κ1) is 12.2. The molecule has 0 amide bonds. The topological polar surface area (TPSA) is 18.5 Å². The maximum Gasteiger partial charge on any atom is 0.148 e. The van der Waals surface area contributed by atoms with Crippen molar-refractivity contribution in [1.82, 2.24) is 0 Å². The summed E-state index contributed by atoms with van der Waals surface area (Å²) in [6.07, 6.45) is 1.34. The molecule has 0 radical (unpaired) electrons. The molecule has 0 N–H and O–H groups in total. The van der Waals surface area contributed by atoms with Gasteiger partial charge in [-0.25, -0.2) is 0 Å². The van der Waals surface area contributed by atoms with Crippen LogP contribution in [0.15, 0.2) is 67.4 Å². The maximum absolute atomic E-state index is 5.61. The molecular formula is C16H16O2. The summed E-state index contributed by atoms with van der Waals surface area (Å²) >= 11 is 0. The summed E-state index contributed by atoms with van der Waals surface area (Å²) in [5.74, 6) is 0.837. The van der Waals surface area contributed by atoms with E-state index in [0.29, 0.717) is 0 Å². The standard InChI is InChI=1S/C16H16O2/c1-3-18-16(13-7-5-4-6-8-13)14-9-11-15(17-2)12-10-14/h3-12,16H,1H2,2H3/t16-/m0/s1. The number of methoxy groups -OCH3 is 1. The number of benzene rings is 2. The molecule has 0 aromatic heterocycles. The Kier molecular flexibility index (Phi) is 4.02. The first-order valence-corrected chi connectivity index (χ1v) is 5.80.